The van der Waals surface area contributed by atoms with Gasteiger partial charge in [-0.1, -0.05) is 6.92 Å². The van der Waals surface area contributed by atoms with E-state index in [0.29, 0.717) is 30.7 Å². The summed E-state index contributed by atoms with van der Waals surface area (Å²) in [5.74, 6) is 1.14. The molecule has 0 aromatic rings. The van der Waals surface area contributed by atoms with Gasteiger partial charge < -0.3 is 11.1 Å². The number of likely N-dealkylation sites (N-methyl/N-ethyl adjacent to an activating group) is 1. The lowest BCUT2D eigenvalue weighted by atomic mass is 10.1. The molecule has 6 nitrogen and oxygen atoms in total. The number of halogens is 1. The average Bonchev–Trinajstić information content (AvgIpc) is 2.99. The van der Waals surface area contributed by atoms with Gasteiger partial charge in [0.15, 0.2) is 15.8 Å². The fourth-order valence-corrected chi connectivity index (χ4v) is 4.91. The highest BCUT2D eigenvalue weighted by Crippen LogP contribution is 2.18. The molecule has 2 saturated heterocycles. The lowest BCUT2D eigenvalue weighted by molar-refractivity contribution is 0.267. The number of hydrogen-bond acceptors (Lipinski definition) is 4. The molecule has 0 amide bonds. The molecule has 0 aromatic carbocycles. The van der Waals surface area contributed by atoms with Gasteiger partial charge in [-0.25, -0.2) is 8.42 Å². The van der Waals surface area contributed by atoms with Crippen LogP contribution in [0.1, 0.15) is 26.2 Å². The Labute approximate surface area is 144 Å². The van der Waals surface area contributed by atoms with E-state index in [1.807, 2.05) is 0 Å². The molecule has 21 heavy (non-hydrogen) atoms. The summed E-state index contributed by atoms with van der Waals surface area (Å²) in [6, 6.07) is 0.542. The van der Waals surface area contributed by atoms with Crippen molar-refractivity contribution in [3.63, 3.8) is 0 Å². The van der Waals surface area contributed by atoms with Crippen LogP contribution < -0.4 is 11.1 Å². The number of sulfone groups is 1. The summed E-state index contributed by atoms with van der Waals surface area (Å²) in [4.78, 5) is 6.73. The summed E-state index contributed by atoms with van der Waals surface area (Å²) in [6.45, 7) is 5.76. The van der Waals surface area contributed by atoms with E-state index in [1.54, 1.807) is 0 Å². The number of hydrogen-bond donors (Lipinski definition) is 2. The molecule has 2 unspecified atom stereocenters. The molecule has 2 fully saturated rings. The van der Waals surface area contributed by atoms with Crippen molar-refractivity contribution in [1.29, 1.82) is 0 Å². The second kappa shape index (κ2) is 8.52. The number of nitrogens with zero attached hydrogens (tertiary/aromatic N) is 2. The van der Waals surface area contributed by atoms with Gasteiger partial charge in [0.05, 0.1) is 11.5 Å². The van der Waals surface area contributed by atoms with Crippen LogP contribution in [0.2, 0.25) is 0 Å². The number of likely N-dealkylation sites (tertiary alicyclic amines) is 1. The van der Waals surface area contributed by atoms with E-state index in [0.717, 1.165) is 13.1 Å². The maximum Gasteiger partial charge on any atom is 0.188 e. The van der Waals surface area contributed by atoms with E-state index >= 15 is 0 Å². The fraction of sp³-hybridized carbons (Fsp3) is 0.923. The van der Waals surface area contributed by atoms with Crippen LogP contribution in [0, 0.1) is 5.92 Å². The molecular formula is C13H27IN4O2S. The minimum Gasteiger partial charge on any atom is -0.370 e. The number of nitrogens with two attached hydrogens (primary N) is 1. The fourth-order valence-electron chi connectivity index (χ4n) is 3.06. The van der Waals surface area contributed by atoms with Crippen LogP contribution in [0.5, 0.6) is 0 Å². The Hall–Kier alpha value is -0.0900. The van der Waals surface area contributed by atoms with E-state index in [1.165, 1.54) is 19.4 Å². The van der Waals surface area contributed by atoms with E-state index in [-0.39, 0.29) is 35.6 Å². The van der Waals surface area contributed by atoms with Gasteiger partial charge in [0.25, 0.3) is 0 Å². The van der Waals surface area contributed by atoms with Crippen LogP contribution >= 0.6 is 24.0 Å². The number of guanidine groups is 1. The van der Waals surface area contributed by atoms with Crippen LogP contribution in [0.3, 0.4) is 0 Å². The van der Waals surface area contributed by atoms with Gasteiger partial charge in [-0.3, -0.25) is 9.89 Å². The summed E-state index contributed by atoms with van der Waals surface area (Å²) in [7, 11) is -2.82. The molecule has 0 radical (unpaired) electrons. The monoisotopic (exact) mass is 430 g/mol. The van der Waals surface area contributed by atoms with Gasteiger partial charge in [0, 0.05) is 19.1 Å². The molecular weight excluding hydrogens is 403 g/mol. The zero-order chi connectivity index (χ0) is 14.6. The first-order valence-corrected chi connectivity index (χ1v) is 9.30. The van der Waals surface area contributed by atoms with Gasteiger partial charge in [-0.05, 0) is 38.3 Å². The van der Waals surface area contributed by atoms with Crippen molar-refractivity contribution in [3.05, 3.63) is 0 Å². The highest BCUT2D eigenvalue weighted by molar-refractivity contribution is 14.0. The van der Waals surface area contributed by atoms with E-state index in [2.05, 4.69) is 22.1 Å². The molecule has 2 aliphatic rings. The molecule has 0 aromatic heterocycles. The highest BCUT2D eigenvalue weighted by Gasteiger charge is 2.27. The zero-order valence-corrected chi connectivity index (χ0v) is 15.8. The molecule has 0 bridgehead atoms. The van der Waals surface area contributed by atoms with Crippen molar-refractivity contribution in [2.75, 3.05) is 37.7 Å². The first-order valence-electron chi connectivity index (χ1n) is 7.48. The standard InChI is InChI=1S/C13H26N4O2S.HI/c1-2-17-6-3-4-12(17)9-16-13(14)15-8-11-5-7-20(18,19)10-11;/h11-12H,2-10H2,1H3,(H3,14,15,16);1H. The van der Waals surface area contributed by atoms with Crippen LogP contribution in [-0.2, 0) is 9.84 Å². The molecule has 124 valence electrons. The minimum atomic E-state index is -2.82. The number of aliphatic imine (C=N–C) groups is 1. The molecule has 2 heterocycles. The molecule has 0 aliphatic carbocycles. The van der Waals surface area contributed by atoms with Crippen molar-refractivity contribution >= 4 is 39.8 Å². The second-order valence-electron chi connectivity index (χ2n) is 5.80. The van der Waals surface area contributed by atoms with Crippen LogP contribution in [0.15, 0.2) is 4.99 Å². The normalized spacial score (nSPS) is 29.3. The predicted octanol–water partition coefficient (Wildman–Crippen LogP) is 0.428. The Morgan fingerprint density at radius 3 is 2.81 bits per heavy atom. The molecule has 3 N–H and O–H groups in total. The summed E-state index contributed by atoms with van der Waals surface area (Å²) >= 11 is 0. The third kappa shape index (κ3) is 5.90. The van der Waals surface area contributed by atoms with Gasteiger partial charge in [-0.2, -0.15) is 0 Å². The Balaban J connectivity index is 0.00000220. The zero-order valence-electron chi connectivity index (χ0n) is 12.6. The topological polar surface area (TPSA) is 87.8 Å². The summed E-state index contributed by atoms with van der Waals surface area (Å²) in [5.41, 5.74) is 5.86. The summed E-state index contributed by atoms with van der Waals surface area (Å²) < 4.78 is 22.7. The third-order valence-corrected chi connectivity index (χ3v) is 6.11. The number of rotatable bonds is 5. The first-order chi connectivity index (χ1) is 9.50. The largest absolute Gasteiger partial charge is 0.370 e. The van der Waals surface area contributed by atoms with Gasteiger partial charge >= 0.3 is 0 Å². The molecule has 2 rings (SSSR count). The minimum absolute atomic E-state index is 0. The maximum atomic E-state index is 11.4. The lowest BCUT2D eigenvalue weighted by Crippen LogP contribution is -2.42. The van der Waals surface area contributed by atoms with Crippen molar-refractivity contribution in [2.45, 2.75) is 32.2 Å². The second-order valence-corrected chi connectivity index (χ2v) is 8.03. The first kappa shape index (κ1) is 19.0. The summed E-state index contributed by atoms with van der Waals surface area (Å²) in [5, 5.41) is 3.17. The Kier molecular flexibility index (Phi) is 7.69. The Bertz CT molecular complexity index is 455. The molecule has 8 heteroatoms. The van der Waals surface area contributed by atoms with Crippen molar-refractivity contribution in [1.82, 2.24) is 10.2 Å². The lowest BCUT2D eigenvalue weighted by Gasteiger charge is -2.23. The van der Waals surface area contributed by atoms with Crippen LogP contribution in [-0.4, -0.2) is 63.0 Å². The smallest absolute Gasteiger partial charge is 0.188 e. The molecule has 0 spiro atoms. The van der Waals surface area contributed by atoms with Gasteiger partial charge in [0.2, 0.25) is 0 Å². The van der Waals surface area contributed by atoms with E-state index in [4.69, 9.17) is 5.73 Å². The Morgan fingerprint density at radius 2 is 2.19 bits per heavy atom. The highest BCUT2D eigenvalue weighted by atomic mass is 127. The van der Waals surface area contributed by atoms with Gasteiger partial charge in [-0.15, -0.1) is 24.0 Å². The maximum absolute atomic E-state index is 11.4. The summed E-state index contributed by atoms with van der Waals surface area (Å²) in [6.07, 6.45) is 3.16. The number of nitrogens with one attached hydrogen (secondary N) is 1. The quantitative estimate of drug-likeness (QED) is 0.375. The van der Waals surface area contributed by atoms with Crippen molar-refractivity contribution in [2.24, 2.45) is 16.6 Å². The van der Waals surface area contributed by atoms with Gasteiger partial charge in [0.1, 0.15) is 0 Å². The van der Waals surface area contributed by atoms with Crippen LogP contribution in [0.4, 0.5) is 0 Å². The van der Waals surface area contributed by atoms with E-state index in [9.17, 15) is 8.42 Å². The Morgan fingerprint density at radius 1 is 1.43 bits per heavy atom. The average molecular weight is 430 g/mol. The molecule has 2 aliphatic heterocycles. The SMILES string of the molecule is CCN1CCCC1CNC(N)=NCC1CCS(=O)(=O)C1.I. The van der Waals surface area contributed by atoms with Crippen LogP contribution in [0.25, 0.3) is 0 Å². The van der Waals surface area contributed by atoms with Crippen molar-refractivity contribution < 1.29 is 8.42 Å². The van der Waals surface area contributed by atoms with Crippen molar-refractivity contribution in [3.8, 4) is 0 Å². The third-order valence-electron chi connectivity index (χ3n) is 4.27. The van der Waals surface area contributed by atoms with E-state index < -0.39 is 9.84 Å². The molecule has 0 saturated carbocycles. The predicted molar refractivity (Wildman–Crippen MR) is 96.9 cm³/mol. The molecule has 2 atom stereocenters.